The summed E-state index contributed by atoms with van der Waals surface area (Å²) >= 11 is 0. The number of hydrogen-bond acceptors (Lipinski definition) is 2. The normalized spacial score (nSPS) is 11.2. The van der Waals surface area contributed by atoms with Crippen molar-refractivity contribution >= 4 is 0 Å². The summed E-state index contributed by atoms with van der Waals surface area (Å²) in [6, 6.07) is 2.02. The molecule has 1 aromatic rings. The maximum Gasteiger partial charge on any atom is 0.0662 e. The van der Waals surface area contributed by atoms with Crippen LogP contribution in [0.2, 0.25) is 0 Å². The van der Waals surface area contributed by atoms with Crippen molar-refractivity contribution in [2.45, 2.75) is 12.8 Å². The molecule has 0 unspecified atom stereocenters. The van der Waals surface area contributed by atoms with Crippen molar-refractivity contribution in [1.82, 2.24) is 9.78 Å². The molecular weight excluding hydrogens is 150 g/mol. The summed E-state index contributed by atoms with van der Waals surface area (Å²) in [7, 11) is 1.92. The molecule has 0 fully saturated rings. The van der Waals surface area contributed by atoms with Crippen LogP contribution in [0.15, 0.2) is 24.4 Å². The zero-order chi connectivity index (χ0) is 8.81. The summed E-state index contributed by atoms with van der Waals surface area (Å²) < 4.78 is 1.81. The zero-order valence-corrected chi connectivity index (χ0v) is 7.40. The van der Waals surface area contributed by atoms with Crippen molar-refractivity contribution in [3.8, 4) is 0 Å². The first-order chi connectivity index (χ1) is 5.83. The molecule has 1 aromatic heterocycles. The Morgan fingerprint density at radius 1 is 1.58 bits per heavy atom. The Morgan fingerprint density at radius 3 is 3.00 bits per heavy atom. The van der Waals surface area contributed by atoms with Gasteiger partial charge in [0.25, 0.3) is 0 Å². The maximum absolute atomic E-state index is 5.34. The van der Waals surface area contributed by atoms with Crippen LogP contribution in [-0.4, -0.2) is 16.3 Å². The van der Waals surface area contributed by atoms with E-state index in [4.69, 9.17) is 5.73 Å². The molecule has 2 N–H and O–H groups in total. The Kier molecular flexibility index (Phi) is 3.54. The van der Waals surface area contributed by atoms with Gasteiger partial charge in [-0.25, -0.2) is 0 Å². The largest absolute Gasteiger partial charge is 0.330 e. The Morgan fingerprint density at radius 2 is 2.42 bits per heavy atom. The second kappa shape index (κ2) is 4.72. The van der Waals surface area contributed by atoms with E-state index < -0.39 is 0 Å². The molecule has 0 aliphatic carbocycles. The number of allylic oxidation sites excluding steroid dienone is 1. The van der Waals surface area contributed by atoms with Gasteiger partial charge in [0.1, 0.15) is 0 Å². The summed E-state index contributed by atoms with van der Waals surface area (Å²) in [4.78, 5) is 0. The predicted molar refractivity (Wildman–Crippen MR) is 49.7 cm³/mol. The van der Waals surface area contributed by atoms with E-state index in [1.54, 1.807) is 0 Å². The number of nitrogens with two attached hydrogens (primary N) is 1. The van der Waals surface area contributed by atoms with Crippen molar-refractivity contribution in [3.63, 3.8) is 0 Å². The molecule has 0 radical (unpaired) electrons. The number of aryl methyl sites for hydroxylation is 1. The van der Waals surface area contributed by atoms with Crippen LogP contribution in [0.3, 0.4) is 0 Å². The Hall–Kier alpha value is -1.09. The van der Waals surface area contributed by atoms with Crippen LogP contribution in [0.25, 0.3) is 0 Å². The van der Waals surface area contributed by atoms with Crippen LogP contribution < -0.4 is 5.73 Å². The molecule has 66 valence electrons. The lowest BCUT2D eigenvalue weighted by molar-refractivity contribution is 0.750. The van der Waals surface area contributed by atoms with Crippen molar-refractivity contribution in [1.29, 1.82) is 0 Å². The molecule has 0 amide bonds. The van der Waals surface area contributed by atoms with Gasteiger partial charge in [-0.2, -0.15) is 5.10 Å². The zero-order valence-electron chi connectivity index (χ0n) is 7.40. The fourth-order valence-corrected chi connectivity index (χ4v) is 0.990. The summed E-state index contributed by atoms with van der Waals surface area (Å²) in [5.41, 5.74) is 6.44. The quantitative estimate of drug-likeness (QED) is 0.673. The lowest BCUT2D eigenvalue weighted by Crippen LogP contribution is -1.95. The molecule has 0 aliphatic heterocycles. The summed E-state index contributed by atoms with van der Waals surface area (Å²) in [5, 5.41) is 4.24. The topological polar surface area (TPSA) is 43.8 Å². The molecule has 3 nitrogen and oxygen atoms in total. The van der Waals surface area contributed by atoms with E-state index in [1.807, 2.05) is 24.0 Å². The maximum atomic E-state index is 5.34. The summed E-state index contributed by atoms with van der Waals surface area (Å²) in [5.74, 6) is 0. The van der Waals surface area contributed by atoms with Gasteiger partial charge in [-0.15, -0.1) is 0 Å². The molecule has 0 bridgehead atoms. The van der Waals surface area contributed by atoms with Gasteiger partial charge in [-0.1, -0.05) is 12.2 Å². The minimum absolute atomic E-state index is 0.721. The van der Waals surface area contributed by atoms with E-state index >= 15 is 0 Å². The van der Waals surface area contributed by atoms with E-state index in [-0.39, 0.29) is 0 Å². The lowest BCUT2D eigenvalue weighted by Gasteiger charge is -1.88. The van der Waals surface area contributed by atoms with Crippen LogP contribution in [0.5, 0.6) is 0 Å². The summed E-state index contributed by atoms with van der Waals surface area (Å²) in [6.07, 6.45) is 8.00. The third-order valence-corrected chi connectivity index (χ3v) is 1.60. The summed E-state index contributed by atoms with van der Waals surface area (Å²) in [6.45, 7) is 0.721. The third-order valence-electron chi connectivity index (χ3n) is 1.60. The Balaban J connectivity index is 2.33. The molecule has 1 rings (SSSR count). The second-order valence-electron chi connectivity index (χ2n) is 2.73. The van der Waals surface area contributed by atoms with Gasteiger partial charge in [-0.3, -0.25) is 4.68 Å². The number of aromatic nitrogens is 2. The Bertz CT molecular complexity index is 250. The van der Waals surface area contributed by atoms with Crippen LogP contribution in [0.1, 0.15) is 12.1 Å². The van der Waals surface area contributed by atoms with E-state index in [1.165, 1.54) is 0 Å². The average molecular weight is 165 g/mol. The van der Waals surface area contributed by atoms with Crippen molar-refractivity contribution in [3.05, 3.63) is 30.1 Å². The minimum Gasteiger partial charge on any atom is -0.330 e. The average Bonchev–Trinajstić information content (AvgIpc) is 2.45. The van der Waals surface area contributed by atoms with Crippen molar-refractivity contribution < 1.29 is 0 Å². The highest BCUT2D eigenvalue weighted by Crippen LogP contribution is 1.96. The van der Waals surface area contributed by atoms with Gasteiger partial charge in [-0.05, 0) is 19.0 Å². The van der Waals surface area contributed by atoms with Crippen molar-refractivity contribution in [2.75, 3.05) is 6.54 Å². The van der Waals surface area contributed by atoms with E-state index in [0.29, 0.717) is 0 Å². The second-order valence-corrected chi connectivity index (χ2v) is 2.73. The van der Waals surface area contributed by atoms with E-state index in [9.17, 15) is 0 Å². The lowest BCUT2D eigenvalue weighted by atomic mass is 10.3. The molecule has 12 heavy (non-hydrogen) atoms. The molecule has 0 spiro atoms. The van der Waals surface area contributed by atoms with Gasteiger partial charge in [0.05, 0.1) is 5.69 Å². The van der Waals surface area contributed by atoms with Crippen LogP contribution in [0, 0.1) is 0 Å². The SMILES string of the molecule is Cn1ccc(C/C=C/CCN)n1. The molecular formula is C9H15N3. The van der Waals surface area contributed by atoms with Gasteiger partial charge in [0.15, 0.2) is 0 Å². The number of nitrogens with zero attached hydrogens (tertiary/aromatic N) is 2. The molecule has 0 saturated heterocycles. The standard InChI is InChI=1S/C9H15N3/c1-12-8-6-9(11-12)5-3-2-4-7-10/h2-3,6,8H,4-5,7,10H2,1H3/b3-2+. The van der Waals surface area contributed by atoms with Crippen LogP contribution in [0.4, 0.5) is 0 Å². The molecule has 0 atom stereocenters. The van der Waals surface area contributed by atoms with E-state index in [0.717, 1.165) is 25.1 Å². The molecule has 1 heterocycles. The van der Waals surface area contributed by atoms with Gasteiger partial charge < -0.3 is 5.73 Å². The smallest absolute Gasteiger partial charge is 0.0662 e. The third kappa shape index (κ3) is 2.88. The monoisotopic (exact) mass is 165 g/mol. The first kappa shape index (κ1) is 9.00. The molecule has 0 saturated carbocycles. The van der Waals surface area contributed by atoms with Crippen molar-refractivity contribution in [2.24, 2.45) is 12.8 Å². The predicted octanol–water partition coefficient (Wildman–Crippen LogP) is 0.868. The molecule has 0 aromatic carbocycles. The first-order valence-electron chi connectivity index (χ1n) is 4.16. The molecule has 0 aliphatic rings. The van der Waals surface area contributed by atoms with Crippen LogP contribution in [-0.2, 0) is 13.5 Å². The fraction of sp³-hybridized carbons (Fsp3) is 0.444. The Labute approximate surface area is 72.9 Å². The minimum atomic E-state index is 0.721. The highest BCUT2D eigenvalue weighted by atomic mass is 15.2. The number of rotatable bonds is 4. The highest BCUT2D eigenvalue weighted by molar-refractivity contribution is 5.04. The first-order valence-corrected chi connectivity index (χ1v) is 4.16. The van der Waals surface area contributed by atoms with Gasteiger partial charge in [0, 0.05) is 19.7 Å². The van der Waals surface area contributed by atoms with Crippen LogP contribution >= 0.6 is 0 Å². The molecule has 3 heteroatoms. The van der Waals surface area contributed by atoms with Gasteiger partial charge >= 0.3 is 0 Å². The number of hydrogen-bond donors (Lipinski definition) is 1. The van der Waals surface area contributed by atoms with Gasteiger partial charge in [0.2, 0.25) is 0 Å². The fourth-order valence-electron chi connectivity index (χ4n) is 0.990. The van der Waals surface area contributed by atoms with E-state index in [2.05, 4.69) is 17.3 Å². The highest BCUT2D eigenvalue weighted by Gasteiger charge is 1.91.